The third-order valence-electron chi connectivity index (χ3n) is 5.24. The number of rotatable bonds is 4. The zero-order chi connectivity index (χ0) is 15.7. The Labute approximate surface area is 133 Å². The number of anilines is 1. The van der Waals surface area contributed by atoms with Gasteiger partial charge in [-0.3, -0.25) is 0 Å². The van der Waals surface area contributed by atoms with Crippen molar-refractivity contribution < 1.29 is 4.52 Å². The number of aromatic nitrogens is 1. The second-order valence-corrected chi connectivity index (χ2v) is 6.34. The number of aryl methyl sites for hydroxylation is 1. The Kier molecular flexibility index (Phi) is 4.23. The summed E-state index contributed by atoms with van der Waals surface area (Å²) >= 11 is 0. The number of nitrogens with zero attached hydrogens (tertiary/aromatic N) is 2. The monoisotopic (exact) mass is 298 g/mol. The third kappa shape index (κ3) is 2.53. The van der Waals surface area contributed by atoms with Gasteiger partial charge in [0.05, 0.1) is 0 Å². The SMILES string of the molecule is CCN(CC)c1conc1C1CCc2c(ccc(C)c2C)C1. The van der Waals surface area contributed by atoms with Gasteiger partial charge in [-0.1, -0.05) is 17.3 Å². The standard InChI is InChI=1S/C19H26N2O/c1-5-21(6-2)18-12-22-20-19(18)16-9-10-17-14(4)13(3)7-8-15(17)11-16/h7-8,12,16H,5-6,9-11H2,1-4H3. The molecule has 0 aliphatic heterocycles. The topological polar surface area (TPSA) is 29.3 Å². The Morgan fingerprint density at radius 2 is 2.00 bits per heavy atom. The van der Waals surface area contributed by atoms with Crippen LogP contribution in [-0.2, 0) is 12.8 Å². The van der Waals surface area contributed by atoms with Crippen LogP contribution in [0, 0.1) is 13.8 Å². The molecule has 118 valence electrons. The Morgan fingerprint density at radius 1 is 1.23 bits per heavy atom. The van der Waals surface area contributed by atoms with Gasteiger partial charge in [0.25, 0.3) is 0 Å². The normalized spacial score (nSPS) is 17.4. The minimum atomic E-state index is 0.476. The van der Waals surface area contributed by atoms with Crippen molar-refractivity contribution in [3.8, 4) is 0 Å². The highest BCUT2D eigenvalue weighted by Gasteiger charge is 2.27. The summed E-state index contributed by atoms with van der Waals surface area (Å²) in [6, 6.07) is 4.56. The maximum atomic E-state index is 5.32. The van der Waals surface area contributed by atoms with Gasteiger partial charge in [0.15, 0.2) is 0 Å². The van der Waals surface area contributed by atoms with E-state index in [4.69, 9.17) is 4.52 Å². The van der Waals surface area contributed by atoms with E-state index >= 15 is 0 Å². The van der Waals surface area contributed by atoms with E-state index < -0.39 is 0 Å². The molecular formula is C19H26N2O. The molecule has 0 saturated heterocycles. The van der Waals surface area contributed by atoms with Crippen molar-refractivity contribution in [2.75, 3.05) is 18.0 Å². The third-order valence-corrected chi connectivity index (χ3v) is 5.24. The highest BCUT2D eigenvalue weighted by Crippen LogP contribution is 2.38. The molecule has 0 saturated carbocycles. The first-order valence-corrected chi connectivity index (χ1v) is 8.42. The van der Waals surface area contributed by atoms with E-state index in [2.05, 4.69) is 49.9 Å². The molecule has 1 aromatic carbocycles. The van der Waals surface area contributed by atoms with Crippen LogP contribution < -0.4 is 4.90 Å². The summed E-state index contributed by atoms with van der Waals surface area (Å²) in [4.78, 5) is 2.34. The second kappa shape index (κ2) is 6.15. The van der Waals surface area contributed by atoms with Crippen LogP contribution in [0.15, 0.2) is 22.9 Å². The molecule has 2 aromatic rings. The van der Waals surface area contributed by atoms with Gasteiger partial charge in [-0.2, -0.15) is 0 Å². The molecule has 3 nitrogen and oxygen atoms in total. The molecule has 0 radical (unpaired) electrons. The van der Waals surface area contributed by atoms with Gasteiger partial charge in [0.2, 0.25) is 0 Å². The zero-order valence-electron chi connectivity index (χ0n) is 14.1. The molecule has 1 heterocycles. The molecule has 3 heteroatoms. The smallest absolute Gasteiger partial charge is 0.147 e. The largest absolute Gasteiger partial charge is 0.368 e. The predicted molar refractivity (Wildman–Crippen MR) is 90.7 cm³/mol. The summed E-state index contributed by atoms with van der Waals surface area (Å²) < 4.78 is 5.32. The summed E-state index contributed by atoms with van der Waals surface area (Å²) in [6.07, 6.45) is 5.21. The van der Waals surface area contributed by atoms with Gasteiger partial charge >= 0.3 is 0 Å². The number of hydrogen-bond donors (Lipinski definition) is 0. The van der Waals surface area contributed by atoms with E-state index in [1.807, 2.05) is 6.26 Å². The van der Waals surface area contributed by atoms with E-state index in [0.29, 0.717) is 5.92 Å². The van der Waals surface area contributed by atoms with E-state index in [-0.39, 0.29) is 0 Å². The first-order valence-electron chi connectivity index (χ1n) is 8.42. The highest BCUT2D eigenvalue weighted by atomic mass is 16.5. The van der Waals surface area contributed by atoms with Crippen molar-refractivity contribution in [1.82, 2.24) is 5.16 Å². The molecule has 1 aliphatic carbocycles. The van der Waals surface area contributed by atoms with Crippen LogP contribution >= 0.6 is 0 Å². The van der Waals surface area contributed by atoms with E-state index in [9.17, 15) is 0 Å². The lowest BCUT2D eigenvalue weighted by atomic mass is 9.79. The molecule has 0 spiro atoms. The minimum Gasteiger partial charge on any atom is -0.368 e. The molecule has 22 heavy (non-hydrogen) atoms. The average Bonchev–Trinajstić information content (AvgIpc) is 3.01. The van der Waals surface area contributed by atoms with Crippen LogP contribution in [0.2, 0.25) is 0 Å². The maximum Gasteiger partial charge on any atom is 0.147 e. The van der Waals surface area contributed by atoms with E-state index in [0.717, 1.165) is 38.0 Å². The Morgan fingerprint density at radius 3 is 2.73 bits per heavy atom. The molecule has 0 fully saturated rings. The minimum absolute atomic E-state index is 0.476. The zero-order valence-corrected chi connectivity index (χ0v) is 14.1. The fraction of sp³-hybridized carbons (Fsp3) is 0.526. The van der Waals surface area contributed by atoms with Gasteiger partial charge < -0.3 is 9.42 Å². The molecule has 0 amide bonds. The molecule has 1 atom stereocenters. The van der Waals surface area contributed by atoms with Crippen LogP contribution in [0.3, 0.4) is 0 Å². The number of benzene rings is 1. The molecular weight excluding hydrogens is 272 g/mol. The van der Waals surface area contributed by atoms with Crippen LogP contribution in [0.5, 0.6) is 0 Å². The van der Waals surface area contributed by atoms with Crippen molar-refractivity contribution >= 4 is 5.69 Å². The first-order chi connectivity index (χ1) is 10.7. The average molecular weight is 298 g/mol. The molecule has 1 unspecified atom stereocenters. The van der Waals surface area contributed by atoms with Crippen LogP contribution in [0.25, 0.3) is 0 Å². The van der Waals surface area contributed by atoms with E-state index in [1.165, 1.54) is 22.4 Å². The lowest BCUT2D eigenvalue weighted by Gasteiger charge is -2.28. The van der Waals surface area contributed by atoms with Crippen LogP contribution in [0.1, 0.15) is 54.1 Å². The van der Waals surface area contributed by atoms with Crippen molar-refractivity contribution in [2.45, 2.75) is 52.9 Å². The molecule has 0 bridgehead atoms. The lowest BCUT2D eigenvalue weighted by Crippen LogP contribution is -2.24. The number of hydrogen-bond acceptors (Lipinski definition) is 3. The van der Waals surface area contributed by atoms with Gasteiger partial charge in [-0.15, -0.1) is 0 Å². The second-order valence-electron chi connectivity index (χ2n) is 6.34. The fourth-order valence-corrected chi connectivity index (χ4v) is 3.71. The number of fused-ring (bicyclic) bond motifs is 1. The molecule has 1 aromatic heterocycles. The summed E-state index contributed by atoms with van der Waals surface area (Å²) in [6.45, 7) is 10.8. The lowest BCUT2D eigenvalue weighted by molar-refractivity contribution is 0.399. The van der Waals surface area contributed by atoms with Crippen molar-refractivity contribution in [3.63, 3.8) is 0 Å². The summed E-state index contributed by atoms with van der Waals surface area (Å²) in [5.74, 6) is 0.476. The fourth-order valence-electron chi connectivity index (χ4n) is 3.71. The van der Waals surface area contributed by atoms with Gasteiger partial charge in [-0.05, 0) is 69.2 Å². The molecule has 3 rings (SSSR count). The van der Waals surface area contributed by atoms with E-state index in [1.54, 1.807) is 5.56 Å². The first kappa shape index (κ1) is 15.1. The maximum absolute atomic E-state index is 5.32. The molecule has 0 N–H and O–H groups in total. The summed E-state index contributed by atoms with van der Waals surface area (Å²) in [5, 5.41) is 4.35. The van der Waals surface area contributed by atoms with Crippen molar-refractivity contribution in [1.29, 1.82) is 0 Å². The Bertz CT molecular complexity index is 655. The van der Waals surface area contributed by atoms with Crippen molar-refractivity contribution in [3.05, 3.63) is 46.3 Å². The Hall–Kier alpha value is -1.77. The summed E-state index contributed by atoms with van der Waals surface area (Å²) in [7, 11) is 0. The summed E-state index contributed by atoms with van der Waals surface area (Å²) in [5.41, 5.74) is 8.26. The Balaban J connectivity index is 1.90. The van der Waals surface area contributed by atoms with Gasteiger partial charge in [0.1, 0.15) is 17.6 Å². The van der Waals surface area contributed by atoms with Crippen LogP contribution in [-0.4, -0.2) is 18.2 Å². The highest BCUT2D eigenvalue weighted by molar-refractivity contribution is 5.51. The quantitative estimate of drug-likeness (QED) is 0.837. The van der Waals surface area contributed by atoms with Gasteiger partial charge in [0, 0.05) is 19.0 Å². The predicted octanol–water partition coefficient (Wildman–Crippen LogP) is 4.41. The molecule has 1 aliphatic rings. The van der Waals surface area contributed by atoms with Gasteiger partial charge in [-0.25, -0.2) is 0 Å². The van der Waals surface area contributed by atoms with Crippen LogP contribution in [0.4, 0.5) is 5.69 Å². The van der Waals surface area contributed by atoms with Crippen molar-refractivity contribution in [2.24, 2.45) is 0 Å².